The summed E-state index contributed by atoms with van der Waals surface area (Å²) in [4.78, 5) is 14.4. The van der Waals surface area contributed by atoms with Crippen molar-refractivity contribution in [3.05, 3.63) is 29.5 Å². The third-order valence-corrected chi connectivity index (χ3v) is 3.97. The number of rotatable bonds is 4. The zero-order chi connectivity index (χ0) is 16.1. The molecule has 1 aliphatic rings. The van der Waals surface area contributed by atoms with E-state index in [0.717, 1.165) is 38.3 Å². The molecule has 0 spiro atoms. The van der Waals surface area contributed by atoms with Gasteiger partial charge < -0.3 is 10.6 Å². The van der Waals surface area contributed by atoms with Gasteiger partial charge in [0.25, 0.3) is 0 Å². The Morgan fingerprint density at radius 3 is 3.00 bits per heavy atom. The number of carbonyl (C=O) groups is 1. The van der Waals surface area contributed by atoms with Crippen LogP contribution < -0.4 is 10.6 Å². The average molecular weight is 372 g/mol. The first-order chi connectivity index (χ1) is 11.2. The van der Waals surface area contributed by atoms with Crippen LogP contribution in [0.1, 0.15) is 6.42 Å². The van der Waals surface area contributed by atoms with E-state index in [1.165, 1.54) is 11.0 Å². The summed E-state index contributed by atoms with van der Waals surface area (Å²) in [5.74, 6) is -0.0809. The van der Waals surface area contributed by atoms with Gasteiger partial charge in [0.1, 0.15) is 6.33 Å². The van der Waals surface area contributed by atoms with Crippen molar-refractivity contribution in [1.82, 2.24) is 30.4 Å². The summed E-state index contributed by atoms with van der Waals surface area (Å²) >= 11 is 6.17. The standard InChI is InChI=1S/C14H18ClN7O.ClH/c15-12-3-2-11(22-10-17-19-20-22)8-13(12)18-14(23)9-21-6-1-4-16-5-7-21;/h2-3,8,10,16H,1,4-7,9H2,(H,18,23);1H. The number of carbonyl (C=O) groups excluding carboxylic acids is 1. The molecule has 1 fully saturated rings. The number of benzene rings is 1. The maximum absolute atomic E-state index is 12.3. The van der Waals surface area contributed by atoms with Gasteiger partial charge in [-0.1, -0.05) is 11.6 Å². The van der Waals surface area contributed by atoms with E-state index in [9.17, 15) is 4.79 Å². The second-order valence-electron chi connectivity index (χ2n) is 5.35. The summed E-state index contributed by atoms with van der Waals surface area (Å²) in [7, 11) is 0. The maximum Gasteiger partial charge on any atom is 0.238 e. The number of anilines is 1. The lowest BCUT2D eigenvalue weighted by Gasteiger charge is -2.19. The quantitative estimate of drug-likeness (QED) is 0.832. The van der Waals surface area contributed by atoms with Gasteiger partial charge in [0, 0.05) is 13.1 Å². The lowest BCUT2D eigenvalue weighted by Crippen LogP contribution is -2.35. The van der Waals surface area contributed by atoms with Gasteiger partial charge in [-0.05, 0) is 48.1 Å². The molecule has 1 saturated heterocycles. The Morgan fingerprint density at radius 2 is 2.21 bits per heavy atom. The maximum atomic E-state index is 12.3. The Bertz CT molecular complexity index is 657. The molecule has 0 unspecified atom stereocenters. The minimum Gasteiger partial charge on any atom is -0.324 e. The SMILES string of the molecule is Cl.O=C(CN1CCCNCC1)Nc1cc(-n2cnnn2)ccc1Cl. The molecule has 1 aromatic heterocycles. The van der Waals surface area contributed by atoms with E-state index in [1.54, 1.807) is 18.2 Å². The molecule has 2 heterocycles. The van der Waals surface area contributed by atoms with Gasteiger partial charge in [0.15, 0.2) is 0 Å². The van der Waals surface area contributed by atoms with Crippen LogP contribution in [0.2, 0.25) is 5.02 Å². The van der Waals surface area contributed by atoms with Crippen molar-refractivity contribution in [2.75, 3.05) is 38.0 Å². The van der Waals surface area contributed by atoms with Gasteiger partial charge in [-0.15, -0.1) is 17.5 Å². The van der Waals surface area contributed by atoms with E-state index in [1.807, 2.05) is 0 Å². The highest BCUT2D eigenvalue weighted by molar-refractivity contribution is 6.33. The van der Waals surface area contributed by atoms with Crippen LogP contribution in [0.25, 0.3) is 5.69 Å². The van der Waals surface area contributed by atoms with Crippen LogP contribution in [0.5, 0.6) is 0 Å². The molecule has 2 N–H and O–H groups in total. The molecule has 0 saturated carbocycles. The molecule has 3 rings (SSSR count). The predicted octanol–water partition coefficient (Wildman–Crippen LogP) is 0.971. The number of nitrogens with one attached hydrogen (secondary N) is 2. The van der Waals surface area contributed by atoms with Crippen molar-refractivity contribution < 1.29 is 4.79 Å². The van der Waals surface area contributed by atoms with Crippen LogP contribution in [-0.4, -0.2) is 63.7 Å². The molecule has 1 aliphatic heterocycles. The molecule has 1 amide bonds. The van der Waals surface area contributed by atoms with Crippen LogP contribution in [0, 0.1) is 0 Å². The zero-order valence-corrected chi connectivity index (χ0v) is 14.6. The number of amides is 1. The minimum atomic E-state index is -0.0809. The van der Waals surface area contributed by atoms with Crippen LogP contribution in [-0.2, 0) is 4.79 Å². The van der Waals surface area contributed by atoms with Crippen LogP contribution in [0.3, 0.4) is 0 Å². The van der Waals surface area contributed by atoms with Gasteiger partial charge in [-0.25, -0.2) is 4.68 Å². The molecular formula is C14H19Cl2N7O. The number of hydrogen-bond donors (Lipinski definition) is 2. The molecule has 10 heteroatoms. The van der Waals surface area contributed by atoms with E-state index in [0.29, 0.717) is 17.3 Å². The Hall–Kier alpha value is -1.74. The molecule has 8 nitrogen and oxygen atoms in total. The monoisotopic (exact) mass is 371 g/mol. The Kier molecular flexibility index (Phi) is 6.92. The molecule has 2 aromatic rings. The highest BCUT2D eigenvalue weighted by Crippen LogP contribution is 2.24. The van der Waals surface area contributed by atoms with E-state index in [4.69, 9.17) is 11.6 Å². The third kappa shape index (κ3) is 4.88. The highest BCUT2D eigenvalue weighted by atomic mass is 35.5. The van der Waals surface area contributed by atoms with Crippen molar-refractivity contribution in [2.24, 2.45) is 0 Å². The van der Waals surface area contributed by atoms with Crippen molar-refractivity contribution in [1.29, 1.82) is 0 Å². The second kappa shape index (κ2) is 8.93. The molecule has 0 radical (unpaired) electrons. The first-order valence-electron chi connectivity index (χ1n) is 7.48. The fourth-order valence-electron chi connectivity index (χ4n) is 2.48. The van der Waals surface area contributed by atoms with Gasteiger partial charge in [0.2, 0.25) is 5.91 Å². The summed E-state index contributed by atoms with van der Waals surface area (Å²) in [6.07, 6.45) is 2.53. The topological polar surface area (TPSA) is 88.0 Å². The van der Waals surface area contributed by atoms with Gasteiger partial charge >= 0.3 is 0 Å². The first kappa shape index (κ1) is 18.6. The lowest BCUT2D eigenvalue weighted by molar-refractivity contribution is -0.117. The van der Waals surface area contributed by atoms with E-state index >= 15 is 0 Å². The van der Waals surface area contributed by atoms with E-state index in [2.05, 4.69) is 31.1 Å². The summed E-state index contributed by atoms with van der Waals surface area (Å²) in [6, 6.07) is 5.25. The van der Waals surface area contributed by atoms with Crippen molar-refractivity contribution in [3.8, 4) is 5.69 Å². The molecule has 0 atom stereocenters. The average Bonchev–Trinajstić information content (AvgIpc) is 2.95. The summed E-state index contributed by atoms with van der Waals surface area (Å²) in [5.41, 5.74) is 1.28. The fourth-order valence-corrected chi connectivity index (χ4v) is 2.65. The predicted molar refractivity (Wildman–Crippen MR) is 94.0 cm³/mol. The largest absolute Gasteiger partial charge is 0.324 e. The van der Waals surface area contributed by atoms with E-state index in [-0.39, 0.29) is 18.3 Å². The second-order valence-corrected chi connectivity index (χ2v) is 5.75. The van der Waals surface area contributed by atoms with Crippen molar-refractivity contribution >= 4 is 35.6 Å². The first-order valence-corrected chi connectivity index (χ1v) is 7.86. The number of nitrogens with zero attached hydrogens (tertiary/aromatic N) is 5. The van der Waals surface area contributed by atoms with Crippen molar-refractivity contribution in [2.45, 2.75) is 6.42 Å². The number of aromatic nitrogens is 4. The zero-order valence-electron chi connectivity index (χ0n) is 13.0. The summed E-state index contributed by atoms with van der Waals surface area (Å²) < 4.78 is 1.51. The van der Waals surface area contributed by atoms with Gasteiger partial charge in [-0.2, -0.15) is 0 Å². The Morgan fingerprint density at radius 1 is 1.33 bits per heavy atom. The minimum absolute atomic E-state index is 0. The number of halogens is 2. The Balaban J connectivity index is 0.00000208. The fraction of sp³-hybridized carbons (Fsp3) is 0.429. The number of tetrazole rings is 1. The van der Waals surface area contributed by atoms with Crippen LogP contribution in [0.15, 0.2) is 24.5 Å². The highest BCUT2D eigenvalue weighted by Gasteiger charge is 2.14. The third-order valence-electron chi connectivity index (χ3n) is 3.64. The summed E-state index contributed by atoms with van der Waals surface area (Å²) in [5, 5.41) is 17.7. The Labute approximate surface area is 150 Å². The molecule has 130 valence electrons. The molecule has 1 aromatic carbocycles. The van der Waals surface area contributed by atoms with Crippen LogP contribution in [0.4, 0.5) is 5.69 Å². The van der Waals surface area contributed by atoms with Gasteiger partial charge in [-0.3, -0.25) is 9.69 Å². The lowest BCUT2D eigenvalue weighted by atomic mass is 10.2. The molecular weight excluding hydrogens is 353 g/mol. The molecule has 0 aliphatic carbocycles. The summed E-state index contributed by atoms with van der Waals surface area (Å²) in [6.45, 7) is 4.04. The molecule has 24 heavy (non-hydrogen) atoms. The van der Waals surface area contributed by atoms with Crippen molar-refractivity contribution in [3.63, 3.8) is 0 Å². The number of hydrogen-bond acceptors (Lipinski definition) is 6. The van der Waals surface area contributed by atoms with Gasteiger partial charge in [0.05, 0.1) is 22.9 Å². The van der Waals surface area contributed by atoms with Crippen LogP contribution >= 0.6 is 24.0 Å². The normalized spacial score (nSPS) is 15.4. The smallest absolute Gasteiger partial charge is 0.238 e. The molecule has 0 bridgehead atoms. The van der Waals surface area contributed by atoms with E-state index < -0.39 is 0 Å².